The lowest BCUT2D eigenvalue weighted by molar-refractivity contribution is -0.129. The number of hydrogen-bond acceptors (Lipinski definition) is 3. The summed E-state index contributed by atoms with van der Waals surface area (Å²) >= 11 is 5.84. The molecule has 1 aromatic carbocycles. The average molecular weight is 291 g/mol. The van der Waals surface area contributed by atoms with Crippen molar-refractivity contribution in [2.75, 3.05) is 13.1 Å². The normalized spacial score (nSPS) is 18.4. The molecule has 1 saturated heterocycles. The van der Waals surface area contributed by atoms with Gasteiger partial charge in [0.1, 0.15) is 0 Å². The molecule has 3 rings (SSSR count). The van der Waals surface area contributed by atoms with Crippen LogP contribution >= 0.6 is 11.6 Å². The summed E-state index contributed by atoms with van der Waals surface area (Å²) in [6.07, 6.45) is 4.65. The summed E-state index contributed by atoms with van der Waals surface area (Å²) in [6, 6.07) is 7.60. The van der Waals surface area contributed by atoms with Crippen molar-refractivity contribution in [1.82, 2.24) is 19.9 Å². The van der Waals surface area contributed by atoms with E-state index in [-0.39, 0.29) is 11.9 Å². The third-order valence-electron chi connectivity index (χ3n) is 3.55. The molecule has 0 bridgehead atoms. The molecule has 1 fully saturated rings. The number of benzene rings is 1. The van der Waals surface area contributed by atoms with E-state index in [2.05, 4.69) is 10.2 Å². The third kappa shape index (κ3) is 2.82. The van der Waals surface area contributed by atoms with Crippen LogP contribution in [0.2, 0.25) is 5.02 Å². The molecule has 2 heterocycles. The molecule has 1 aromatic heterocycles. The number of amides is 1. The number of hydrogen-bond donors (Lipinski definition) is 0. The molecule has 0 spiro atoms. The Kier molecular flexibility index (Phi) is 3.69. The van der Waals surface area contributed by atoms with Gasteiger partial charge in [0.25, 0.3) is 0 Å². The van der Waals surface area contributed by atoms with Gasteiger partial charge < -0.3 is 4.90 Å². The average Bonchev–Trinajstić information content (AvgIpc) is 3.11. The molecule has 1 unspecified atom stereocenters. The molecule has 2 aromatic rings. The fraction of sp³-hybridized carbons (Fsp3) is 0.357. The first-order chi connectivity index (χ1) is 9.72. The van der Waals surface area contributed by atoms with Crippen LogP contribution < -0.4 is 0 Å². The van der Waals surface area contributed by atoms with E-state index in [0.29, 0.717) is 18.0 Å². The highest BCUT2D eigenvalue weighted by atomic mass is 35.5. The molecule has 0 radical (unpaired) electrons. The van der Waals surface area contributed by atoms with Crippen molar-refractivity contribution in [3.05, 3.63) is 47.2 Å². The monoisotopic (exact) mass is 290 g/mol. The van der Waals surface area contributed by atoms with Crippen molar-refractivity contribution in [3.63, 3.8) is 0 Å². The van der Waals surface area contributed by atoms with Gasteiger partial charge in [-0.3, -0.25) is 4.79 Å². The molecule has 6 heteroatoms. The number of aromatic nitrogens is 3. The van der Waals surface area contributed by atoms with Crippen LogP contribution in [-0.2, 0) is 11.2 Å². The van der Waals surface area contributed by atoms with Crippen LogP contribution in [0.25, 0.3) is 0 Å². The predicted octanol–water partition coefficient (Wildman–Crippen LogP) is 1.95. The first kappa shape index (κ1) is 13.1. The summed E-state index contributed by atoms with van der Waals surface area (Å²) in [6.45, 7) is 1.44. The van der Waals surface area contributed by atoms with Gasteiger partial charge in [-0.25, -0.2) is 0 Å². The van der Waals surface area contributed by atoms with Gasteiger partial charge in [0.15, 0.2) is 0 Å². The maximum atomic E-state index is 12.3. The number of likely N-dealkylation sites (tertiary alicyclic amines) is 1. The van der Waals surface area contributed by atoms with Crippen molar-refractivity contribution in [3.8, 4) is 0 Å². The van der Waals surface area contributed by atoms with Crippen LogP contribution in [0.4, 0.5) is 0 Å². The Morgan fingerprint density at radius 3 is 2.65 bits per heavy atom. The maximum Gasteiger partial charge on any atom is 0.227 e. The number of carbonyl (C=O) groups excluding carboxylic acids is 1. The molecule has 0 saturated carbocycles. The molecule has 5 nitrogen and oxygen atoms in total. The number of rotatable bonds is 3. The minimum Gasteiger partial charge on any atom is -0.340 e. The lowest BCUT2D eigenvalue weighted by atomic mass is 10.1. The molecular formula is C14H15ClN4O. The molecule has 1 aliphatic rings. The second kappa shape index (κ2) is 5.63. The molecule has 1 amide bonds. The van der Waals surface area contributed by atoms with Gasteiger partial charge in [-0.2, -0.15) is 15.0 Å². The second-order valence-electron chi connectivity index (χ2n) is 4.93. The molecule has 1 aliphatic heterocycles. The van der Waals surface area contributed by atoms with Gasteiger partial charge in [0, 0.05) is 18.1 Å². The molecule has 20 heavy (non-hydrogen) atoms. The van der Waals surface area contributed by atoms with Crippen molar-refractivity contribution >= 4 is 17.5 Å². The van der Waals surface area contributed by atoms with Gasteiger partial charge >= 0.3 is 0 Å². The van der Waals surface area contributed by atoms with E-state index in [9.17, 15) is 4.79 Å². The van der Waals surface area contributed by atoms with Gasteiger partial charge in [-0.05, 0) is 24.1 Å². The zero-order chi connectivity index (χ0) is 13.9. The Labute approximate surface area is 122 Å². The first-order valence-corrected chi connectivity index (χ1v) is 6.98. The van der Waals surface area contributed by atoms with E-state index in [1.54, 1.807) is 17.2 Å². The van der Waals surface area contributed by atoms with Crippen LogP contribution in [0.5, 0.6) is 0 Å². The lowest BCUT2D eigenvalue weighted by Crippen LogP contribution is -2.30. The van der Waals surface area contributed by atoms with Gasteiger partial charge in [0.2, 0.25) is 5.91 Å². The van der Waals surface area contributed by atoms with Gasteiger partial charge in [-0.15, -0.1) is 0 Å². The minimum absolute atomic E-state index is 0.141. The standard InChI is InChI=1S/C14H15ClN4O/c15-12-3-1-11(2-4-12)9-14(20)18-8-5-13(10-18)19-16-6-7-17-19/h1-4,6-7,13H,5,8-10H2. The van der Waals surface area contributed by atoms with E-state index in [1.807, 2.05) is 29.2 Å². The minimum atomic E-state index is 0.141. The zero-order valence-corrected chi connectivity index (χ0v) is 11.7. The summed E-state index contributed by atoms with van der Waals surface area (Å²) < 4.78 is 0. The fourth-order valence-electron chi connectivity index (χ4n) is 2.46. The summed E-state index contributed by atoms with van der Waals surface area (Å²) in [4.78, 5) is 15.8. The largest absolute Gasteiger partial charge is 0.340 e. The van der Waals surface area contributed by atoms with E-state index in [1.165, 1.54) is 0 Å². The summed E-state index contributed by atoms with van der Waals surface area (Å²) in [7, 11) is 0. The highest BCUT2D eigenvalue weighted by Gasteiger charge is 2.28. The van der Waals surface area contributed by atoms with Crippen molar-refractivity contribution in [2.24, 2.45) is 0 Å². The highest BCUT2D eigenvalue weighted by Crippen LogP contribution is 2.20. The molecule has 0 aliphatic carbocycles. The fourth-order valence-corrected chi connectivity index (χ4v) is 2.59. The van der Waals surface area contributed by atoms with Crippen LogP contribution in [-0.4, -0.2) is 38.9 Å². The van der Waals surface area contributed by atoms with E-state index < -0.39 is 0 Å². The molecule has 1 atom stereocenters. The van der Waals surface area contributed by atoms with Crippen molar-refractivity contribution < 1.29 is 4.79 Å². The Morgan fingerprint density at radius 2 is 1.95 bits per heavy atom. The Morgan fingerprint density at radius 1 is 1.25 bits per heavy atom. The van der Waals surface area contributed by atoms with Crippen LogP contribution in [0.3, 0.4) is 0 Å². The Balaban J connectivity index is 1.60. The van der Waals surface area contributed by atoms with Crippen LogP contribution in [0.15, 0.2) is 36.7 Å². The Hall–Kier alpha value is -1.88. The zero-order valence-electron chi connectivity index (χ0n) is 10.9. The smallest absolute Gasteiger partial charge is 0.227 e. The van der Waals surface area contributed by atoms with E-state index in [4.69, 9.17) is 11.6 Å². The Bertz CT molecular complexity index is 582. The quantitative estimate of drug-likeness (QED) is 0.868. The SMILES string of the molecule is O=C(Cc1ccc(Cl)cc1)N1CCC(n2nccn2)C1. The summed E-state index contributed by atoms with van der Waals surface area (Å²) in [5.41, 5.74) is 0.986. The van der Waals surface area contributed by atoms with Gasteiger partial charge in [-0.1, -0.05) is 23.7 Å². The van der Waals surface area contributed by atoms with E-state index in [0.717, 1.165) is 18.5 Å². The number of carbonyl (C=O) groups is 1. The maximum absolute atomic E-state index is 12.3. The van der Waals surface area contributed by atoms with Crippen molar-refractivity contribution in [2.45, 2.75) is 18.9 Å². The number of halogens is 1. The summed E-state index contributed by atoms with van der Waals surface area (Å²) in [5, 5.41) is 8.96. The first-order valence-electron chi connectivity index (χ1n) is 6.60. The molecule has 0 N–H and O–H groups in total. The van der Waals surface area contributed by atoms with Gasteiger partial charge in [0.05, 0.1) is 24.9 Å². The lowest BCUT2D eigenvalue weighted by Gasteiger charge is -2.16. The number of nitrogens with zero attached hydrogens (tertiary/aromatic N) is 4. The van der Waals surface area contributed by atoms with Crippen LogP contribution in [0, 0.1) is 0 Å². The predicted molar refractivity (Wildman–Crippen MR) is 75.4 cm³/mol. The van der Waals surface area contributed by atoms with E-state index >= 15 is 0 Å². The van der Waals surface area contributed by atoms with Crippen molar-refractivity contribution in [1.29, 1.82) is 0 Å². The summed E-state index contributed by atoms with van der Waals surface area (Å²) in [5.74, 6) is 0.141. The highest BCUT2D eigenvalue weighted by molar-refractivity contribution is 6.30. The van der Waals surface area contributed by atoms with Crippen LogP contribution in [0.1, 0.15) is 18.0 Å². The molecule has 104 valence electrons. The topological polar surface area (TPSA) is 51.0 Å². The molecular weight excluding hydrogens is 276 g/mol. The third-order valence-corrected chi connectivity index (χ3v) is 3.80. The second-order valence-corrected chi connectivity index (χ2v) is 5.37.